The molecule has 0 heterocycles. The van der Waals surface area contributed by atoms with Crippen LogP contribution in [0.5, 0.6) is 0 Å². The average molecular weight is 157 g/mol. The summed E-state index contributed by atoms with van der Waals surface area (Å²) in [6.07, 6.45) is 0. The molecule has 2 nitrogen and oxygen atoms in total. The molecule has 0 aliphatic carbocycles. The van der Waals surface area contributed by atoms with Crippen LogP contribution in [-0.4, -0.2) is 22.5 Å². The molecule has 0 atom stereocenters. The van der Waals surface area contributed by atoms with Crippen LogP contribution in [0.4, 0.5) is 0 Å². The fourth-order valence-corrected chi connectivity index (χ4v) is 1.85. The molecule has 10 heavy (non-hydrogen) atoms. The summed E-state index contributed by atoms with van der Waals surface area (Å²) in [5, 5.41) is 2.61. The zero-order chi connectivity index (χ0) is 7.98. The molecule has 0 aliphatic heterocycles. The molecule has 0 saturated heterocycles. The molecule has 3 heteroatoms. The quantitative estimate of drug-likeness (QED) is 0.584. The van der Waals surface area contributed by atoms with Crippen LogP contribution in [0.25, 0.3) is 0 Å². The van der Waals surface area contributed by atoms with E-state index in [0.29, 0.717) is 0 Å². The first kappa shape index (κ1) is 9.43. The molecule has 0 fully saturated rings. The molecule has 0 rings (SSSR count). The van der Waals surface area contributed by atoms with Gasteiger partial charge in [-0.1, -0.05) is 5.57 Å². The van der Waals surface area contributed by atoms with Crippen molar-refractivity contribution in [3.05, 3.63) is 11.3 Å². The number of hydrogen-bond donors (Lipinski definition) is 1. The van der Waals surface area contributed by atoms with Gasteiger partial charge in [0.1, 0.15) is 0 Å². The minimum atomic E-state index is -0.269. The van der Waals surface area contributed by atoms with Gasteiger partial charge in [0.2, 0.25) is 5.91 Å². The molecule has 0 aromatic heterocycles. The number of carbonyl (C=O) groups excluding carboxylic acids is 1. The van der Waals surface area contributed by atoms with Crippen LogP contribution < -0.4 is 5.32 Å². The zero-order valence-corrected chi connectivity index (χ0v) is 8.31. The van der Waals surface area contributed by atoms with E-state index in [-0.39, 0.29) is 15.4 Å². The summed E-state index contributed by atoms with van der Waals surface area (Å²) in [5.74, 6) is 0.171. The third-order valence-electron chi connectivity index (χ3n) is 1.20. The lowest BCUT2D eigenvalue weighted by atomic mass is 10.4. The highest BCUT2D eigenvalue weighted by molar-refractivity contribution is 6.47. The van der Waals surface area contributed by atoms with Crippen molar-refractivity contribution in [1.82, 2.24) is 5.32 Å². The fraction of sp³-hybridized carbons (Fsp3) is 0.571. The minimum absolute atomic E-state index is 0.171. The maximum Gasteiger partial charge on any atom is 0.216 e. The number of carbonyl (C=O) groups is 1. The summed E-state index contributed by atoms with van der Waals surface area (Å²) in [6.45, 7) is 4.13. The largest absolute Gasteiger partial charge is 0.359 e. The van der Waals surface area contributed by atoms with Gasteiger partial charge in [0.05, 0.1) is 9.52 Å². The molecule has 0 saturated carbocycles. The van der Waals surface area contributed by atoms with Crippen LogP contribution in [0.15, 0.2) is 11.3 Å². The van der Waals surface area contributed by atoms with E-state index in [1.807, 2.05) is 0 Å². The highest BCUT2D eigenvalue weighted by Gasteiger charge is 1.93. The van der Waals surface area contributed by atoms with Crippen molar-refractivity contribution in [3.8, 4) is 0 Å². The van der Waals surface area contributed by atoms with E-state index < -0.39 is 0 Å². The van der Waals surface area contributed by atoms with Crippen molar-refractivity contribution in [2.24, 2.45) is 0 Å². The van der Waals surface area contributed by atoms with Gasteiger partial charge in [-0.2, -0.15) is 0 Å². The SMILES string of the molecule is CNC(=O)C[SiH2]C=C(C)C. The lowest BCUT2D eigenvalue weighted by Gasteiger charge is -1.94. The van der Waals surface area contributed by atoms with Crippen LogP contribution in [-0.2, 0) is 4.79 Å². The zero-order valence-electron chi connectivity index (χ0n) is 6.90. The van der Waals surface area contributed by atoms with Gasteiger partial charge < -0.3 is 5.32 Å². The maximum atomic E-state index is 10.7. The molecule has 58 valence electrons. The van der Waals surface area contributed by atoms with Gasteiger partial charge in [0.25, 0.3) is 0 Å². The second kappa shape index (κ2) is 5.23. The van der Waals surface area contributed by atoms with E-state index in [1.165, 1.54) is 5.57 Å². The van der Waals surface area contributed by atoms with Crippen LogP contribution in [0.2, 0.25) is 6.04 Å². The Morgan fingerprint density at radius 1 is 1.60 bits per heavy atom. The lowest BCUT2D eigenvalue weighted by molar-refractivity contribution is -0.118. The Kier molecular flexibility index (Phi) is 4.93. The van der Waals surface area contributed by atoms with E-state index in [2.05, 4.69) is 24.9 Å². The summed E-state index contributed by atoms with van der Waals surface area (Å²) in [4.78, 5) is 10.7. The van der Waals surface area contributed by atoms with E-state index in [1.54, 1.807) is 7.05 Å². The highest BCUT2D eigenvalue weighted by Crippen LogP contribution is 1.88. The van der Waals surface area contributed by atoms with Crippen LogP contribution >= 0.6 is 0 Å². The number of nitrogens with one attached hydrogen (secondary N) is 1. The number of amides is 1. The minimum Gasteiger partial charge on any atom is -0.359 e. The predicted octanol–water partition coefficient (Wildman–Crippen LogP) is 0.243. The number of allylic oxidation sites excluding steroid dienone is 1. The van der Waals surface area contributed by atoms with Gasteiger partial charge in [0, 0.05) is 13.1 Å². The van der Waals surface area contributed by atoms with Crippen LogP contribution in [0, 0.1) is 0 Å². The Morgan fingerprint density at radius 3 is 2.60 bits per heavy atom. The molecule has 1 N–H and O–H groups in total. The van der Waals surface area contributed by atoms with Gasteiger partial charge in [-0.05, 0) is 13.8 Å². The molecule has 0 aromatic rings. The molecule has 0 aliphatic rings. The maximum absolute atomic E-state index is 10.7. The van der Waals surface area contributed by atoms with Gasteiger partial charge in [-0.25, -0.2) is 0 Å². The summed E-state index contributed by atoms with van der Waals surface area (Å²) in [6, 6.07) is 0.738. The van der Waals surface area contributed by atoms with Crippen molar-refractivity contribution in [2.75, 3.05) is 7.05 Å². The molecule has 0 aromatic carbocycles. The molecule has 0 bridgehead atoms. The van der Waals surface area contributed by atoms with E-state index in [4.69, 9.17) is 0 Å². The second-order valence-corrected chi connectivity index (χ2v) is 3.98. The first-order valence-corrected chi connectivity index (χ1v) is 5.32. The molecule has 0 radical (unpaired) electrons. The normalized spacial score (nSPS) is 9.90. The summed E-state index contributed by atoms with van der Waals surface area (Å²) in [7, 11) is 1.41. The van der Waals surface area contributed by atoms with Crippen LogP contribution in [0.3, 0.4) is 0 Å². The van der Waals surface area contributed by atoms with E-state index in [9.17, 15) is 4.79 Å². The third-order valence-corrected chi connectivity index (χ3v) is 3.05. The highest BCUT2D eigenvalue weighted by atomic mass is 28.2. The first-order valence-electron chi connectivity index (χ1n) is 3.50. The Bertz CT molecular complexity index is 139. The third kappa shape index (κ3) is 5.56. The predicted molar refractivity (Wildman–Crippen MR) is 46.8 cm³/mol. The molecular formula is C7H15NOSi. The molecule has 0 unspecified atom stereocenters. The molecule has 0 spiro atoms. The van der Waals surface area contributed by atoms with Crippen LogP contribution in [0.1, 0.15) is 13.8 Å². The first-order chi connectivity index (χ1) is 4.66. The topological polar surface area (TPSA) is 29.1 Å². The van der Waals surface area contributed by atoms with Gasteiger partial charge >= 0.3 is 0 Å². The summed E-state index contributed by atoms with van der Waals surface area (Å²) in [5.41, 5.74) is 3.53. The summed E-state index contributed by atoms with van der Waals surface area (Å²) >= 11 is 0. The summed E-state index contributed by atoms with van der Waals surface area (Å²) < 4.78 is 0. The van der Waals surface area contributed by atoms with Gasteiger partial charge in [-0.3, -0.25) is 4.79 Å². The van der Waals surface area contributed by atoms with Crippen molar-refractivity contribution < 1.29 is 4.79 Å². The average Bonchev–Trinajstić information content (AvgIpc) is 1.87. The smallest absolute Gasteiger partial charge is 0.216 e. The monoisotopic (exact) mass is 157 g/mol. The van der Waals surface area contributed by atoms with Crippen molar-refractivity contribution >= 4 is 15.4 Å². The second-order valence-electron chi connectivity index (χ2n) is 2.49. The standard InChI is InChI=1S/C7H15NOSi/c1-6(2)4-10-5-7(9)8-3/h4H,5,10H2,1-3H3,(H,8,9). The Hall–Kier alpha value is -0.573. The molecule has 1 amide bonds. The fourth-order valence-electron chi connectivity index (χ4n) is 0.617. The van der Waals surface area contributed by atoms with Gasteiger partial charge in [0.15, 0.2) is 0 Å². The van der Waals surface area contributed by atoms with Gasteiger partial charge in [-0.15, -0.1) is 5.70 Å². The van der Waals surface area contributed by atoms with Crippen molar-refractivity contribution in [1.29, 1.82) is 0 Å². The Balaban J connectivity index is 3.37. The Labute approximate surface area is 64.5 Å². The Morgan fingerprint density at radius 2 is 2.20 bits per heavy atom. The number of rotatable bonds is 3. The molecular weight excluding hydrogens is 142 g/mol. The lowest BCUT2D eigenvalue weighted by Crippen LogP contribution is -2.18. The van der Waals surface area contributed by atoms with Crippen molar-refractivity contribution in [3.63, 3.8) is 0 Å². The van der Waals surface area contributed by atoms with E-state index in [0.717, 1.165) is 6.04 Å². The van der Waals surface area contributed by atoms with E-state index >= 15 is 0 Å². The van der Waals surface area contributed by atoms with Crippen molar-refractivity contribution in [2.45, 2.75) is 19.9 Å². The number of hydrogen-bond acceptors (Lipinski definition) is 1.